The lowest BCUT2D eigenvalue weighted by atomic mass is 9.44. The Kier molecular flexibility index (Phi) is 8.32. The Morgan fingerprint density at radius 1 is 0.923 bits per heavy atom. The summed E-state index contributed by atoms with van der Waals surface area (Å²) in [5, 5.41) is 4.49. The van der Waals surface area contributed by atoms with Gasteiger partial charge in [0.1, 0.15) is 0 Å². The second-order valence-corrected chi connectivity index (χ2v) is 16.6. The highest BCUT2D eigenvalue weighted by Gasteiger charge is 2.60. The molecule has 0 heterocycles. The van der Waals surface area contributed by atoms with Crippen molar-refractivity contribution in [1.29, 1.82) is 0 Å². The van der Waals surface area contributed by atoms with Crippen LogP contribution < -0.4 is 4.83 Å². The molecule has 1 N–H and O–H groups in total. The van der Waals surface area contributed by atoms with Crippen molar-refractivity contribution in [3.8, 4) is 0 Å². The van der Waals surface area contributed by atoms with Gasteiger partial charge < -0.3 is 0 Å². The molecule has 4 nitrogen and oxygen atoms in total. The highest BCUT2D eigenvalue weighted by molar-refractivity contribution is 7.89. The second kappa shape index (κ2) is 11.1. The fourth-order valence-electron chi connectivity index (χ4n) is 10.1. The topological polar surface area (TPSA) is 58.5 Å². The molecule has 0 bridgehead atoms. The van der Waals surface area contributed by atoms with Crippen LogP contribution in [0.1, 0.15) is 117 Å². The van der Waals surface area contributed by atoms with Gasteiger partial charge in [-0.05, 0) is 129 Å². The number of aryl methyl sites for hydroxylation is 1. The predicted octanol–water partition coefficient (Wildman–Crippen LogP) is 8.75. The van der Waals surface area contributed by atoms with Gasteiger partial charge in [-0.3, -0.25) is 0 Å². The molecular weight excluding hydrogens is 500 g/mol. The average molecular weight is 555 g/mol. The molecule has 0 aliphatic heterocycles. The van der Waals surface area contributed by atoms with Crippen molar-refractivity contribution >= 4 is 15.7 Å². The van der Waals surface area contributed by atoms with Gasteiger partial charge in [0.05, 0.1) is 4.90 Å². The Morgan fingerprint density at radius 3 is 2.36 bits per heavy atom. The van der Waals surface area contributed by atoms with E-state index in [1.807, 2.05) is 19.1 Å². The Balaban J connectivity index is 1.23. The minimum atomic E-state index is -3.62. The molecule has 1 aromatic rings. The van der Waals surface area contributed by atoms with Gasteiger partial charge in [0.15, 0.2) is 0 Å². The first-order valence-electron chi connectivity index (χ1n) is 16.1. The third-order valence-electron chi connectivity index (χ3n) is 12.4. The maximum atomic E-state index is 12.8. The first-order valence-corrected chi connectivity index (χ1v) is 17.6. The van der Waals surface area contributed by atoms with Gasteiger partial charge in [-0.15, -0.1) is 0 Å². The van der Waals surface area contributed by atoms with Gasteiger partial charge in [0, 0.05) is 5.71 Å². The van der Waals surface area contributed by atoms with Crippen LogP contribution in [0.2, 0.25) is 0 Å². The largest absolute Gasteiger partial charge is 0.276 e. The number of hydrogen-bond donors (Lipinski definition) is 1. The first-order chi connectivity index (χ1) is 18.4. The summed E-state index contributed by atoms with van der Waals surface area (Å²) in [6.45, 7) is 14.5. The molecule has 0 saturated heterocycles. The van der Waals surface area contributed by atoms with Crippen molar-refractivity contribution in [2.45, 2.75) is 123 Å². The molecule has 0 unspecified atom stereocenters. The lowest BCUT2D eigenvalue weighted by Crippen LogP contribution is -2.53. The number of benzene rings is 1. The van der Waals surface area contributed by atoms with Crippen LogP contribution in [0.25, 0.3) is 0 Å². The van der Waals surface area contributed by atoms with Crippen molar-refractivity contribution in [2.24, 2.45) is 57.4 Å². The van der Waals surface area contributed by atoms with Crippen LogP contribution in [0, 0.1) is 59.2 Å². The van der Waals surface area contributed by atoms with Crippen LogP contribution in [-0.4, -0.2) is 14.1 Å². The molecule has 4 saturated carbocycles. The van der Waals surface area contributed by atoms with E-state index in [9.17, 15) is 8.42 Å². The molecule has 4 aliphatic carbocycles. The van der Waals surface area contributed by atoms with E-state index in [0.717, 1.165) is 66.0 Å². The Hall–Kier alpha value is -1.36. The van der Waals surface area contributed by atoms with E-state index in [1.54, 1.807) is 12.1 Å². The maximum Gasteiger partial charge on any atom is 0.276 e. The number of fused-ring (bicyclic) bond motifs is 5. The smallest absolute Gasteiger partial charge is 0.200 e. The highest BCUT2D eigenvalue weighted by atomic mass is 32.2. The minimum Gasteiger partial charge on any atom is -0.200 e. The lowest BCUT2D eigenvalue weighted by Gasteiger charge is -2.61. The Bertz CT molecular complexity index is 1140. The molecule has 4 fully saturated rings. The van der Waals surface area contributed by atoms with Crippen LogP contribution in [0.15, 0.2) is 34.3 Å². The maximum absolute atomic E-state index is 12.8. The van der Waals surface area contributed by atoms with Crippen molar-refractivity contribution < 1.29 is 8.42 Å². The summed E-state index contributed by atoms with van der Waals surface area (Å²) in [7, 11) is -3.62. The van der Waals surface area contributed by atoms with Crippen molar-refractivity contribution in [3.63, 3.8) is 0 Å². The summed E-state index contributed by atoms with van der Waals surface area (Å²) < 4.78 is 25.6. The molecule has 4 aliphatic rings. The van der Waals surface area contributed by atoms with Crippen LogP contribution in [0.4, 0.5) is 0 Å². The molecule has 0 radical (unpaired) electrons. The zero-order valence-electron chi connectivity index (χ0n) is 25.5. The molecule has 5 rings (SSSR count). The Morgan fingerprint density at radius 2 is 1.64 bits per heavy atom. The van der Waals surface area contributed by atoms with Crippen LogP contribution in [-0.2, 0) is 10.0 Å². The fourth-order valence-corrected chi connectivity index (χ4v) is 10.9. The third kappa shape index (κ3) is 5.60. The zero-order chi connectivity index (χ0) is 28.0. The Labute approximate surface area is 239 Å². The summed E-state index contributed by atoms with van der Waals surface area (Å²) in [6, 6.07) is 6.99. The van der Waals surface area contributed by atoms with Crippen molar-refractivity contribution in [1.82, 2.24) is 4.83 Å². The van der Waals surface area contributed by atoms with Crippen LogP contribution >= 0.6 is 0 Å². The molecule has 0 aromatic heterocycles. The van der Waals surface area contributed by atoms with Gasteiger partial charge in [0.2, 0.25) is 0 Å². The molecular formula is C34H54N2O2S. The number of nitrogens with one attached hydrogen (secondary N) is 1. The predicted molar refractivity (Wildman–Crippen MR) is 162 cm³/mol. The number of sulfonamides is 1. The number of hydrogen-bond acceptors (Lipinski definition) is 3. The normalized spacial score (nSPS) is 38.2. The van der Waals surface area contributed by atoms with E-state index < -0.39 is 10.0 Å². The summed E-state index contributed by atoms with van der Waals surface area (Å²) in [6.07, 6.45) is 15.6. The number of hydrazone groups is 1. The summed E-state index contributed by atoms with van der Waals surface area (Å²) in [5.74, 6) is 5.85. The van der Waals surface area contributed by atoms with Crippen LogP contribution in [0.5, 0.6) is 0 Å². The fraction of sp³-hybridized carbons (Fsp3) is 0.794. The molecule has 1 aromatic carbocycles. The van der Waals surface area contributed by atoms with E-state index in [0.29, 0.717) is 16.7 Å². The van der Waals surface area contributed by atoms with Crippen LogP contribution in [0.3, 0.4) is 0 Å². The molecule has 8 atom stereocenters. The van der Waals surface area contributed by atoms with E-state index in [4.69, 9.17) is 0 Å². The van der Waals surface area contributed by atoms with Gasteiger partial charge in [-0.25, -0.2) is 4.83 Å². The van der Waals surface area contributed by atoms with E-state index in [2.05, 4.69) is 44.6 Å². The van der Waals surface area contributed by atoms with Gasteiger partial charge >= 0.3 is 0 Å². The summed E-state index contributed by atoms with van der Waals surface area (Å²) >= 11 is 0. The van der Waals surface area contributed by atoms with Crippen molar-refractivity contribution in [2.75, 3.05) is 0 Å². The van der Waals surface area contributed by atoms with Gasteiger partial charge in [-0.2, -0.15) is 13.5 Å². The van der Waals surface area contributed by atoms with Gasteiger partial charge in [0.25, 0.3) is 10.0 Å². The monoisotopic (exact) mass is 554 g/mol. The average Bonchev–Trinajstić information content (AvgIpc) is 3.25. The molecule has 218 valence electrons. The molecule has 39 heavy (non-hydrogen) atoms. The standard InChI is InChI=1S/C34H54N2O2S/c1-23(2)8-7-9-25(4)30-16-17-31-29-15-12-26-22-27(18-20-33(26,5)32(29)19-21-34(30,31)6)35-36-39(37,38)28-13-10-24(3)11-14-28/h10-11,13-14,23,25-26,29-32,36H,7-9,12,15-22H2,1-6H3/b35-27+/t25-,26+,29-,30+,31-,32-,33-,34+/m0/s1. The number of rotatable bonds is 8. The van der Waals surface area contributed by atoms with E-state index in [-0.39, 0.29) is 4.90 Å². The van der Waals surface area contributed by atoms with E-state index in [1.165, 1.54) is 57.8 Å². The second-order valence-electron chi connectivity index (χ2n) is 15.0. The third-order valence-corrected chi connectivity index (χ3v) is 13.6. The SMILES string of the molecule is Cc1ccc(S(=O)(=O)N/N=C2\CC[C@@]3(C)[C@H](CC[C@@H]4[C@@H]3CC[C@]3(C)[C@@H]([C@@H](C)CCCC(C)C)CC[C@@H]43)C2)cc1. The van der Waals surface area contributed by atoms with E-state index >= 15 is 0 Å². The molecule has 5 heteroatoms. The number of nitrogens with zero attached hydrogens (tertiary/aromatic N) is 1. The summed E-state index contributed by atoms with van der Waals surface area (Å²) in [4.78, 5) is 2.85. The molecule has 0 amide bonds. The first kappa shape index (κ1) is 29.1. The lowest BCUT2D eigenvalue weighted by molar-refractivity contribution is -0.105. The van der Waals surface area contributed by atoms with Crippen molar-refractivity contribution in [3.05, 3.63) is 29.8 Å². The minimum absolute atomic E-state index is 0.285. The molecule has 0 spiro atoms. The van der Waals surface area contributed by atoms with Gasteiger partial charge in [-0.1, -0.05) is 71.6 Å². The quantitative estimate of drug-likeness (QED) is 0.327. The summed E-state index contributed by atoms with van der Waals surface area (Å²) in [5.41, 5.74) is 3.01. The zero-order valence-corrected chi connectivity index (χ0v) is 26.3. The highest BCUT2D eigenvalue weighted by Crippen LogP contribution is 2.68.